The fourth-order valence-electron chi connectivity index (χ4n) is 3.82. The third-order valence-corrected chi connectivity index (χ3v) is 5.12. The number of nitrogen functional groups attached to an aromatic ring is 1. The predicted octanol–water partition coefficient (Wildman–Crippen LogP) is 1.35. The Morgan fingerprint density at radius 1 is 1.00 bits per heavy atom. The number of halogens is 1. The van der Waals surface area contributed by atoms with Crippen LogP contribution in [0.15, 0.2) is 18.2 Å². The molecule has 5 N–H and O–H groups in total. The zero-order valence-corrected chi connectivity index (χ0v) is 17.1. The fourth-order valence-corrected chi connectivity index (χ4v) is 3.82. The van der Waals surface area contributed by atoms with Crippen LogP contribution in [0.1, 0.15) is 26.2 Å². The summed E-state index contributed by atoms with van der Waals surface area (Å²) in [7, 11) is 0. The maximum absolute atomic E-state index is 14.3. The normalized spacial score (nSPS) is 25.0. The zero-order valence-electron chi connectivity index (χ0n) is 17.1. The van der Waals surface area contributed by atoms with Crippen LogP contribution in [0.2, 0.25) is 0 Å². The van der Waals surface area contributed by atoms with Crippen molar-refractivity contribution in [3.63, 3.8) is 0 Å². The Balaban J connectivity index is 2.47. The summed E-state index contributed by atoms with van der Waals surface area (Å²) in [5.74, 6) is -8.96. The summed E-state index contributed by atoms with van der Waals surface area (Å²) in [6.07, 6.45) is -4.39. The second-order valence-electron chi connectivity index (χ2n) is 7.44. The monoisotopic (exact) mass is 457 g/mol. The Bertz CT molecular complexity index is 876. The molecule has 0 bridgehead atoms. The van der Waals surface area contributed by atoms with Crippen molar-refractivity contribution in [1.82, 2.24) is 0 Å². The number of hydrogen-bond acceptors (Lipinski definition) is 8. The Morgan fingerprint density at radius 3 is 2.09 bits per heavy atom. The molecule has 0 aromatic heterocycles. The van der Waals surface area contributed by atoms with Crippen LogP contribution in [-0.4, -0.2) is 58.2 Å². The van der Waals surface area contributed by atoms with E-state index in [-0.39, 0.29) is 11.4 Å². The molecule has 12 heteroatoms. The van der Waals surface area contributed by atoms with Gasteiger partial charge in [0.1, 0.15) is 6.61 Å². The molecule has 0 saturated carbocycles. The quantitative estimate of drug-likeness (QED) is 0.294. The molecule has 11 nitrogen and oxygen atoms in total. The lowest BCUT2D eigenvalue weighted by Gasteiger charge is -2.45. The summed E-state index contributed by atoms with van der Waals surface area (Å²) in [5.41, 5.74) is 5.62. The summed E-state index contributed by atoms with van der Waals surface area (Å²) in [6, 6.07) is 3.51. The maximum Gasteiger partial charge on any atom is 0.303 e. The molecule has 32 heavy (non-hydrogen) atoms. The van der Waals surface area contributed by atoms with Gasteiger partial charge in [0.25, 0.3) is 0 Å². The summed E-state index contributed by atoms with van der Waals surface area (Å²) >= 11 is 0. The molecule has 1 aliphatic heterocycles. The number of hydrogen-bond donors (Lipinski definition) is 4. The molecule has 0 amide bonds. The highest BCUT2D eigenvalue weighted by Gasteiger charge is 2.49. The van der Waals surface area contributed by atoms with Gasteiger partial charge in [-0.1, -0.05) is 0 Å². The number of carboxylic acid groups (broad SMARTS) is 3. The molecule has 176 valence electrons. The van der Waals surface area contributed by atoms with Gasteiger partial charge < -0.3 is 35.3 Å². The molecular formula is C20H24FNO10. The number of aliphatic carboxylic acids is 3. The van der Waals surface area contributed by atoms with Gasteiger partial charge in [0.05, 0.1) is 18.9 Å². The highest BCUT2D eigenvalue weighted by Crippen LogP contribution is 2.42. The van der Waals surface area contributed by atoms with Crippen LogP contribution in [0, 0.1) is 23.6 Å². The van der Waals surface area contributed by atoms with Crippen LogP contribution >= 0.6 is 0 Å². The molecule has 1 aromatic rings. The predicted molar refractivity (Wildman–Crippen MR) is 104 cm³/mol. The number of carbonyl (C=O) groups is 4. The van der Waals surface area contributed by atoms with E-state index in [4.69, 9.17) is 19.9 Å². The minimum Gasteiger partial charge on any atom is -0.481 e. The van der Waals surface area contributed by atoms with E-state index in [1.807, 2.05) is 0 Å². The standard InChI is InChI=1S/C20H24FNO10/c1-9(23)30-8-16-12(6-18(26)27)11(5-17(24)25)13(7-19(28)29)20(32-16)31-15-3-2-10(22)4-14(15)21/h2-4,11-13,16,20H,5-8,22H2,1H3,(H,24,25)(H,26,27)(H,28,29)/t11-,12-,13+,16-,20+/m0/s1. The molecule has 2 rings (SSSR count). The highest BCUT2D eigenvalue weighted by atomic mass is 19.1. The van der Waals surface area contributed by atoms with Gasteiger partial charge in [-0.3, -0.25) is 19.2 Å². The number of carboxylic acids is 3. The number of rotatable bonds is 10. The first-order chi connectivity index (χ1) is 15.0. The molecule has 0 unspecified atom stereocenters. The Morgan fingerprint density at radius 2 is 1.56 bits per heavy atom. The van der Waals surface area contributed by atoms with Crippen LogP contribution in [0.3, 0.4) is 0 Å². The molecular weight excluding hydrogens is 433 g/mol. The van der Waals surface area contributed by atoms with Gasteiger partial charge in [0.2, 0.25) is 6.29 Å². The first kappa shape index (κ1) is 24.9. The highest BCUT2D eigenvalue weighted by molar-refractivity contribution is 5.70. The molecule has 1 fully saturated rings. The van der Waals surface area contributed by atoms with Gasteiger partial charge in [0.15, 0.2) is 11.6 Å². The van der Waals surface area contributed by atoms with Crippen molar-refractivity contribution in [3.05, 3.63) is 24.0 Å². The number of esters is 1. The summed E-state index contributed by atoms with van der Waals surface area (Å²) in [6.45, 7) is 0.696. The van der Waals surface area contributed by atoms with Crippen molar-refractivity contribution in [1.29, 1.82) is 0 Å². The second kappa shape index (κ2) is 10.8. The van der Waals surface area contributed by atoms with Crippen molar-refractivity contribution < 1.29 is 53.1 Å². The Kier molecular flexibility index (Phi) is 8.35. The van der Waals surface area contributed by atoms with Gasteiger partial charge in [-0.25, -0.2) is 4.39 Å². The molecule has 0 aliphatic carbocycles. The number of benzene rings is 1. The third-order valence-electron chi connectivity index (χ3n) is 5.12. The molecule has 1 aromatic carbocycles. The van der Waals surface area contributed by atoms with Crippen molar-refractivity contribution >= 4 is 29.6 Å². The van der Waals surface area contributed by atoms with Crippen molar-refractivity contribution in [2.45, 2.75) is 38.6 Å². The third kappa shape index (κ3) is 6.80. The smallest absolute Gasteiger partial charge is 0.303 e. The topological polar surface area (TPSA) is 183 Å². The largest absolute Gasteiger partial charge is 0.481 e. The van der Waals surface area contributed by atoms with Gasteiger partial charge >= 0.3 is 23.9 Å². The van der Waals surface area contributed by atoms with E-state index in [0.29, 0.717) is 0 Å². The summed E-state index contributed by atoms with van der Waals surface area (Å²) < 4.78 is 30.5. The molecule has 0 radical (unpaired) electrons. The molecule has 0 spiro atoms. The van der Waals surface area contributed by atoms with Crippen LogP contribution in [0.4, 0.5) is 10.1 Å². The number of carbonyl (C=O) groups excluding carboxylic acids is 1. The van der Waals surface area contributed by atoms with E-state index in [0.717, 1.165) is 13.0 Å². The van der Waals surface area contributed by atoms with E-state index in [1.165, 1.54) is 12.1 Å². The second-order valence-corrected chi connectivity index (χ2v) is 7.44. The summed E-state index contributed by atoms with van der Waals surface area (Å²) in [5, 5.41) is 28.1. The minimum absolute atomic E-state index is 0.111. The van der Waals surface area contributed by atoms with Crippen molar-refractivity contribution in [2.24, 2.45) is 17.8 Å². The minimum atomic E-state index is -1.46. The van der Waals surface area contributed by atoms with Crippen LogP contribution in [0.5, 0.6) is 5.75 Å². The summed E-state index contributed by atoms with van der Waals surface area (Å²) in [4.78, 5) is 45.7. The van der Waals surface area contributed by atoms with Crippen LogP contribution < -0.4 is 10.5 Å². The number of ether oxygens (including phenoxy) is 3. The van der Waals surface area contributed by atoms with Gasteiger partial charge in [-0.2, -0.15) is 0 Å². The average molecular weight is 457 g/mol. The van der Waals surface area contributed by atoms with E-state index < -0.39 is 85.7 Å². The number of anilines is 1. The Labute approximate surface area is 181 Å². The van der Waals surface area contributed by atoms with Gasteiger partial charge in [-0.15, -0.1) is 0 Å². The van der Waals surface area contributed by atoms with Crippen molar-refractivity contribution in [2.75, 3.05) is 12.3 Å². The average Bonchev–Trinajstić information content (AvgIpc) is 2.65. The van der Waals surface area contributed by atoms with Crippen LogP contribution in [-0.2, 0) is 28.7 Å². The lowest BCUT2D eigenvalue weighted by atomic mass is 9.71. The van der Waals surface area contributed by atoms with Crippen molar-refractivity contribution in [3.8, 4) is 5.75 Å². The molecule has 1 aliphatic rings. The lowest BCUT2D eigenvalue weighted by Crippen LogP contribution is -2.53. The van der Waals surface area contributed by atoms with E-state index in [9.17, 15) is 38.9 Å². The first-order valence-electron chi connectivity index (χ1n) is 9.63. The lowest BCUT2D eigenvalue weighted by molar-refractivity contribution is -0.237. The van der Waals surface area contributed by atoms with E-state index >= 15 is 0 Å². The number of nitrogens with two attached hydrogens (primary N) is 1. The maximum atomic E-state index is 14.3. The van der Waals surface area contributed by atoms with Gasteiger partial charge in [-0.05, 0) is 18.1 Å². The Hall–Kier alpha value is -3.41. The van der Waals surface area contributed by atoms with Gasteiger partial charge in [0, 0.05) is 36.9 Å². The van der Waals surface area contributed by atoms with E-state index in [2.05, 4.69) is 0 Å². The fraction of sp³-hybridized carbons (Fsp3) is 0.500. The zero-order chi connectivity index (χ0) is 24.0. The molecule has 5 atom stereocenters. The van der Waals surface area contributed by atoms with Crippen LogP contribution in [0.25, 0.3) is 0 Å². The molecule has 1 heterocycles. The van der Waals surface area contributed by atoms with E-state index in [1.54, 1.807) is 0 Å². The first-order valence-corrected chi connectivity index (χ1v) is 9.63. The SMILES string of the molecule is CC(=O)OC[C@@H]1O[C@@H](Oc2ccc(N)cc2F)[C@H](CC(=O)O)[C@@H](CC(=O)O)[C@@H]1CC(=O)O. The molecule has 1 saturated heterocycles.